The molecule has 1 atom stereocenters. The van der Waals surface area contributed by atoms with Crippen molar-refractivity contribution in [3.05, 3.63) is 45.1 Å². The van der Waals surface area contributed by atoms with E-state index in [9.17, 15) is 14.9 Å². The fraction of sp³-hybridized carbons (Fsp3) is 0.300. The van der Waals surface area contributed by atoms with E-state index < -0.39 is 16.9 Å². The van der Waals surface area contributed by atoms with Crippen LogP contribution >= 0.6 is 0 Å². The lowest BCUT2D eigenvalue weighted by molar-refractivity contribution is -0.498. The van der Waals surface area contributed by atoms with Gasteiger partial charge in [0.15, 0.2) is 0 Å². The van der Waals surface area contributed by atoms with Crippen molar-refractivity contribution in [1.29, 1.82) is 0 Å². The van der Waals surface area contributed by atoms with Crippen LogP contribution in [0.4, 0.5) is 0 Å². The van der Waals surface area contributed by atoms with Gasteiger partial charge >= 0.3 is 5.97 Å². The van der Waals surface area contributed by atoms with Gasteiger partial charge < -0.3 is 5.11 Å². The predicted octanol–water partition coefficient (Wildman–Crippen LogP) is 1.55. The molecule has 1 aliphatic carbocycles. The first-order chi connectivity index (χ1) is 6.93. The van der Waals surface area contributed by atoms with E-state index in [-0.39, 0.29) is 5.57 Å². The summed E-state index contributed by atoms with van der Waals surface area (Å²) in [6, 6.07) is -1.27. The van der Waals surface area contributed by atoms with Crippen LogP contribution in [0, 0.1) is 10.1 Å². The Kier molecular flexibility index (Phi) is 3.04. The molecule has 0 fully saturated rings. The van der Waals surface area contributed by atoms with Crippen LogP contribution in [0.5, 0.6) is 0 Å². The average Bonchev–Trinajstić information content (AvgIpc) is 2.27. The summed E-state index contributed by atoms with van der Waals surface area (Å²) in [6.45, 7) is 3.51. The molecule has 0 heterocycles. The second-order valence-corrected chi connectivity index (χ2v) is 3.36. The first-order valence-corrected chi connectivity index (χ1v) is 4.37. The largest absolute Gasteiger partial charge is 0.478 e. The van der Waals surface area contributed by atoms with Gasteiger partial charge in [-0.3, -0.25) is 10.1 Å². The van der Waals surface area contributed by atoms with Crippen molar-refractivity contribution in [1.82, 2.24) is 0 Å². The third kappa shape index (κ3) is 2.31. The van der Waals surface area contributed by atoms with Crippen LogP contribution < -0.4 is 0 Å². The Balaban J connectivity index is 3.24. The predicted molar refractivity (Wildman–Crippen MR) is 54.0 cm³/mol. The molecule has 0 aromatic carbocycles. The Bertz CT molecular complexity index is 404. The van der Waals surface area contributed by atoms with Crippen LogP contribution in [0.25, 0.3) is 0 Å². The van der Waals surface area contributed by atoms with Crippen LogP contribution in [-0.2, 0) is 4.79 Å². The summed E-state index contributed by atoms with van der Waals surface area (Å²) >= 11 is 0. The van der Waals surface area contributed by atoms with Gasteiger partial charge in [0, 0.05) is 4.92 Å². The summed E-state index contributed by atoms with van der Waals surface area (Å²) < 4.78 is 0. The topological polar surface area (TPSA) is 80.4 Å². The number of aliphatic carboxylic acids is 1. The molecule has 5 nitrogen and oxygen atoms in total. The summed E-state index contributed by atoms with van der Waals surface area (Å²) in [7, 11) is 0. The van der Waals surface area contributed by atoms with Crippen LogP contribution in [0.3, 0.4) is 0 Å². The van der Waals surface area contributed by atoms with Gasteiger partial charge in [-0.1, -0.05) is 6.08 Å². The summed E-state index contributed by atoms with van der Waals surface area (Å²) in [5.74, 6) is -1.26. The van der Waals surface area contributed by atoms with Crippen molar-refractivity contribution in [2.45, 2.75) is 19.9 Å². The van der Waals surface area contributed by atoms with Gasteiger partial charge in [0.05, 0.1) is 0 Å². The Labute approximate surface area is 86.6 Å². The molecule has 1 N–H and O–H groups in total. The second-order valence-electron chi connectivity index (χ2n) is 3.36. The maximum Gasteiger partial charge on any atom is 0.338 e. The van der Waals surface area contributed by atoms with Gasteiger partial charge in [-0.25, -0.2) is 4.79 Å². The molecule has 0 spiro atoms. The molecule has 80 valence electrons. The van der Waals surface area contributed by atoms with Crippen molar-refractivity contribution in [2.75, 3.05) is 0 Å². The highest BCUT2D eigenvalue weighted by molar-refractivity contribution is 5.89. The standard InChI is InChI=1S/C10H11NO4/c1-6-3-4-8(10(12)13)9(11(14)15)5-7(6)2/h3-5,9H,1-2H3,(H,12,13). The number of nitrogens with zero attached hydrogens (tertiary/aromatic N) is 1. The molecule has 0 radical (unpaired) electrons. The van der Waals surface area contributed by atoms with E-state index in [0.717, 1.165) is 11.1 Å². The van der Waals surface area contributed by atoms with E-state index in [1.165, 1.54) is 12.2 Å². The Morgan fingerprint density at radius 1 is 1.40 bits per heavy atom. The minimum atomic E-state index is -1.27. The Hall–Kier alpha value is -1.91. The maximum atomic E-state index is 10.8. The minimum absolute atomic E-state index is 0.212. The molecule has 0 aromatic heterocycles. The fourth-order valence-corrected chi connectivity index (χ4v) is 1.28. The normalized spacial score (nSPS) is 20.9. The van der Waals surface area contributed by atoms with Crippen LogP contribution in [-0.4, -0.2) is 22.0 Å². The summed E-state index contributed by atoms with van der Waals surface area (Å²) in [6.07, 6.45) is 4.23. The number of carboxylic acids is 1. The van der Waals surface area contributed by atoms with Gasteiger partial charge in [-0.2, -0.15) is 0 Å². The minimum Gasteiger partial charge on any atom is -0.478 e. The monoisotopic (exact) mass is 209 g/mol. The highest BCUT2D eigenvalue weighted by atomic mass is 16.6. The molecule has 1 unspecified atom stereocenters. The number of hydrogen-bond donors (Lipinski definition) is 1. The molecule has 15 heavy (non-hydrogen) atoms. The zero-order chi connectivity index (χ0) is 11.6. The molecule has 0 bridgehead atoms. The summed E-state index contributed by atoms with van der Waals surface area (Å²) in [4.78, 5) is 20.9. The lowest BCUT2D eigenvalue weighted by Crippen LogP contribution is -2.24. The summed E-state index contributed by atoms with van der Waals surface area (Å²) in [5.41, 5.74) is 1.35. The second kappa shape index (κ2) is 4.08. The van der Waals surface area contributed by atoms with E-state index in [1.54, 1.807) is 19.9 Å². The van der Waals surface area contributed by atoms with Crippen LogP contribution in [0.1, 0.15) is 13.8 Å². The van der Waals surface area contributed by atoms with Crippen molar-refractivity contribution >= 4 is 5.97 Å². The van der Waals surface area contributed by atoms with E-state index in [0.29, 0.717) is 0 Å². The van der Waals surface area contributed by atoms with Crippen molar-refractivity contribution < 1.29 is 14.8 Å². The van der Waals surface area contributed by atoms with Gasteiger partial charge in [0.1, 0.15) is 5.57 Å². The zero-order valence-corrected chi connectivity index (χ0v) is 8.43. The van der Waals surface area contributed by atoms with Crippen molar-refractivity contribution in [3.63, 3.8) is 0 Å². The third-order valence-corrected chi connectivity index (χ3v) is 2.34. The zero-order valence-electron chi connectivity index (χ0n) is 8.43. The molecular formula is C10H11NO4. The number of allylic oxidation sites excluding steroid dienone is 4. The lowest BCUT2D eigenvalue weighted by Gasteiger charge is -2.05. The number of carboxylic acid groups (broad SMARTS) is 1. The molecule has 0 aromatic rings. The van der Waals surface area contributed by atoms with Gasteiger partial charge in [0.2, 0.25) is 0 Å². The first kappa shape index (κ1) is 11.2. The molecule has 0 amide bonds. The van der Waals surface area contributed by atoms with E-state index in [1.807, 2.05) is 0 Å². The number of rotatable bonds is 2. The Morgan fingerprint density at radius 3 is 2.47 bits per heavy atom. The van der Waals surface area contributed by atoms with Gasteiger partial charge in [0.25, 0.3) is 6.04 Å². The van der Waals surface area contributed by atoms with E-state index in [4.69, 9.17) is 5.11 Å². The quantitative estimate of drug-likeness (QED) is 0.552. The number of nitro groups is 1. The fourth-order valence-electron chi connectivity index (χ4n) is 1.28. The van der Waals surface area contributed by atoms with Crippen molar-refractivity contribution in [3.8, 4) is 0 Å². The Morgan fingerprint density at radius 2 is 2.00 bits per heavy atom. The number of hydrogen-bond acceptors (Lipinski definition) is 3. The SMILES string of the molecule is CC1=CC=C(C(=O)O)C([N+](=O)[O-])C=C1C. The van der Waals surface area contributed by atoms with Crippen LogP contribution in [0.2, 0.25) is 0 Å². The molecule has 0 saturated carbocycles. The maximum absolute atomic E-state index is 10.8. The van der Waals surface area contributed by atoms with Gasteiger partial charge in [-0.15, -0.1) is 0 Å². The highest BCUT2D eigenvalue weighted by Gasteiger charge is 2.29. The molecule has 1 rings (SSSR count). The van der Waals surface area contributed by atoms with E-state index >= 15 is 0 Å². The number of carbonyl (C=O) groups is 1. The highest BCUT2D eigenvalue weighted by Crippen LogP contribution is 2.19. The van der Waals surface area contributed by atoms with Crippen molar-refractivity contribution in [2.24, 2.45) is 0 Å². The van der Waals surface area contributed by atoms with Crippen LogP contribution in [0.15, 0.2) is 34.9 Å². The van der Waals surface area contributed by atoms with Gasteiger partial charge in [-0.05, 0) is 37.1 Å². The molecule has 0 saturated heterocycles. The average molecular weight is 209 g/mol. The lowest BCUT2D eigenvalue weighted by atomic mass is 10.1. The smallest absolute Gasteiger partial charge is 0.338 e. The molecular weight excluding hydrogens is 198 g/mol. The molecule has 0 aliphatic heterocycles. The molecule has 1 aliphatic rings. The first-order valence-electron chi connectivity index (χ1n) is 4.37. The molecule has 5 heteroatoms. The third-order valence-electron chi connectivity index (χ3n) is 2.34. The van der Waals surface area contributed by atoms with E-state index in [2.05, 4.69) is 0 Å². The summed E-state index contributed by atoms with van der Waals surface area (Å²) in [5, 5.41) is 19.5.